The Morgan fingerprint density at radius 1 is 0.841 bits per heavy atom. The summed E-state index contributed by atoms with van der Waals surface area (Å²) in [6.07, 6.45) is 27.1. The van der Waals surface area contributed by atoms with Crippen molar-refractivity contribution in [1.82, 2.24) is 5.32 Å². The minimum absolute atomic E-state index is 0.00180. The van der Waals surface area contributed by atoms with Gasteiger partial charge >= 0.3 is 20.1 Å². The van der Waals surface area contributed by atoms with E-state index in [0.29, 0.717) is 35.3 Å². The number of amides is 1. The van der Waals surface area contributed by atoms with Gasteiger partial charge in [0, 0.05) is 13.0 Å². The van der Waals surface area contributed by atoms with E-state index in [1.165, 1.54) is 108 Å². The van der Waals surface area contributed by atoms with Gasteiger partial charge in [0.15, 0.2) is 6.10 Å². The van der Waals surface area contributed by atoms with Crippen LogP contribution in [-0.2, 0) is 27.8 Å². The van der Waals surface area contributed by atoms with Crippen LogP contribution < -0.4 is 5.32 Å². The second kappa shape index (κ2) is 26.0. The summed E-state index contributed by atoms with van der Waals surface area (Å²) in [6, 6.07) is 0. The first-order valence-corrected chi connectivity index (χ1v) is 27.3. The zero-order valence-electron chi connectivity index (χ0n) is 41.6. The number of likely N-dealkylation sites (N-methyl/N-ethyl adjacent to an activating group) is 1. The molecule has 11 nitrogen and oxygen atoms in total. The standard InChI is InChI=1S/C51H93N2O9P/c1-10-11-12-13-14-15-16-17-18-19-20-21-33-52-48(54)61-43(38-60-63(56,57)59-35-34-53(7,8)9)37-58-49(55)62-42-29-31-50(5)41(36-42)25-26-44-46-28-27-45(40(4)24-22-23-39(2)3)51(46,6)32-30-47(44)50/h25,39-40,42-47H,10-24,26-38H2,1-9H3,(H-,52,54,56,57)/p+1/t40-,42+,43+,44+,45-,46+,47+,50+,51-/m1/s1. The Kier molecular flexibility index (Phi) is 22.3. The topological polar surface area (TPSA) is 130 Å². The first kappa shape index (κ1) is 54.0. The molecule has 1 amide bonds. The van der Waals surface area contributed by atoms with Crippen LogP contribution in [0.4, 0.5) is 9.59 Å². The van der Waals surface area contributed by atoms with Crippen LogP contribution in [0.2, 0.25) is 0 Å². The highest BCUT2D eigenvalue weighted by Gasteiger charge is 2.59. The fourth-order valence-corrected chi connectivity index (χ4v) is 12.9. The number of alkyl carbamates (subject to hydrolysis) is 1. The summed E-state index contributed by atoms with van der Waals surface area (Å²) in [5.41, 5.74) is 1.99. The van der Waals surface area contributed by atoms with Crippen molar-refractivity contribution in [2.45, 2.75) is 201 Å². The van der Waals surface area contributed by atoms with Crippen LogP contribution >= 0.6 is 7.82 Å². The molecule has 0 saturated heterocycles. The highest BCUT2D eigenvalue weighted by atomic mass is 31.2. The summed E-state index contributed by atoms with van der Waals surface area (Å²) >= 11 is 0. The Bertz CT molecular complexity index is 1450. The van der Waals surface area contributed by atoms with Crippen LogP contribution in [0.5, 0.6) is 0 Å². The van der Waals surface area contributed by atoms with Gasteiger partial charge in [-0.3, -0.25) is 9.05 Å². The molecule has 0 heterocycles. The highest BCUT2D eigenvalue weighted by molar-refractivity contribution is 7.47. The van der Waals surface area contributed by atoms with E-state index in [-0.39, 0.29) is 18.1 Å². The van der Waals surface area contributed by atoms with Crippen molar-refractivity contribution in [2.75, 3.05) is 54.1 Å². The monoisotopic (exact) mass is 910 g/mol. The first-order chi connectivity index (χ1) is 29.9. The number of nitrogens with one attached hydrogen (secondary N) is 1. The van der Waals surface area contributed by atoms with Crippen molar-refractivity contribution in [3.05, 3.63) is 11.6 Å². The number of unbranched alkanes of at least 4 members (excludes halogenated alkanes) is 11. The maximum absolute atomic E-state index is 13.2. The van der Waals surface area contributed by atoms with Crippen LogP contribution in [-0.4, -0.2) is 87.9 Å². The highest BCUT2D eigenvalue weighted by Crippen LogP contribution is 2.67. The summed E-state index contributed by atoms with van der Waals surface area (Å²) in [6.45, 7) is 14.6. The van der Waals surface area contributed by atoms with Crippen molar-refractivity contribution in [1.29, 1.82) is 0 Å². The average Bonchev–Trinajstić information content (AvgIpc) is 3.57. The van der Waals surface area contributed by atoms with E-state index < -0.39 is 39.4 Å². The number of rotatable bonds is 29. The summed E-state index contributed by atoms with van der Waals surface area (Å²) in [4.78, 5) is 36.4. The minimum Gasteiger partial charge on any atom is -0.440 e. The number of carbonyl (C=O) groups excluding carboxylic acids is 2. The summed E-state index contributed by atoms with van der Waals surface area (Å²) in [7, 11) is 1.38. The lowest BCUT2D eigenvalue weighted by atomic mass is 9.47. The van der Waals surface area contributed by atoms with Crippen molar-refractivity contribution >= 4 is 20.1 Å². The Labute approximate surface area is 384 Å². The summed E-state index contributed by atoms with van der Waals surface area (Å²) in [5, 5.41) is 2.77. The molecule has 0 aromatic heterocycles. The van der Waals surface area contributed by atoms with Crippen LogP contribution in [0.1, 0.15) is 189 Å². The largest absolute Gasteiger partial charge is 0.508 e. The third kappa shape index (κ3) is 17.5. The van der Waals surface area contributed by atoms with Crippen molar-refractivity contribution in [3.8, 4) is 0 Å². The van der Waals surface area contributed by atoms with Gasteiger partial charge in [-0.15, -0.1) is 0 Å². The number of phosphoric acid groups is 1. The number of carbonyl (C=O) groups is 2. The minimum atomic E-state index is -4.46. The molecule has 12 heteroatoms. The van der Waals surface area contributed by atoms with Crippen molar-refractivity contribution in [3.63, 3.8) is 0 Å². The van der Waals surface area contributed by atoms with Crippen LogP contribution in [0, 0.1) is 46.3 Å². The second-order valence-corrected chi connectivity index (χ2v) is 23.7. The molecule has 63 heavy (non-hydrogen) atoms. The van der Waals surface area contributed by atoms with E-state index in [1.54, 1.807) is 0 Å². The molecule has 10 atom stereocenters. The Morgan fingerprint density at radius 2 is 1.51 bits per heavy atom. The maximum atomic E-state index is 13.2. The molecule has 1 unspecified atom stereocenters. The van der Waals surface area contributed by atoms with Gasteiger partial charge in [0.05, 0.1) is 27.7 Å². The zero-order chi connectivity index (χ0) is 46.1. The number of ether oxygens (including phenoxy) is 3. The Balaban J connectivity index is 1.24. The predicted molar refractivity (Wildman–Crippen MR) is 253 cm³/mol. The van der Waals surface area contributed by atoms with Gasteiger partial charge in [-0.05, 0) is 97.7 Å². The lowest BCUT2D eigenvalue weighted by molar-refractivity contribution is -0.870. The van der Waals surface area contributed by atoms with E-state index in [2.05, 4.69) is 52.9 Å². The molecule has 0 spiro atoms. The number of hydrogen-bond donors (Lipinski definition) is 2. The number of hydrogen-bond acceptors (Lipinski definition) is 8. The molecule has 0 aliphatic heterocycles. The molecule has 0 aromatic rings. The van der Waals surface area contributed by atoms with Crippen LogP contribution in [0.15, 0.2) is 11.6 Å². The van der Waals surface area contributed by atoms with Gasteiger partial charge in [-0.2, -0.15) is 0 Å². The number of allylic oxidation sites excluding steroid dienone is 1. The maximum Gasteiger partial charge on any atom is 0.508 e. The summed E-state index contributed by atoms with van der Waals surface area (Å²) in [5.74, 6) is 4.59. The number of nitrogens with zero attached hydrogens (tertiary/aromatic N) is 1. The fraction of sp³-hybridized carbons (Fsp3) is 0.922. The fourth-order valence-electron chi connectivity index (χ4n) is 12.2. The van der Waals surface area contributed by atoms with E-state index in [0.717, 1.165) is 68.1 Å². The normalized spacial score (nSPS) is 28.8. The molecule has 4 aliphatic carbocycles. The third-order valence-electron chi connectivity index (χ3n) is 15.9. The quantitative estimate of drug-likeness (QED) is 0.0248. The molecule has 4 aliphatic rings. The number of fused-ring (bicyclic) bond motifs is 5. The van der Waals surface area contributed by atoms with E-state index >= 15 is 0 Å². The SMILES string of the molecule is CCCCCCCCCCCCCCNC(=O)O[C@@H](COC(=O)O[C@H]1CC[C@@]2(C)C(=CC[C@H]3[C@@H]4CC[C@H]([C@H](C)CCCC(C)C)[C@@]4(C)CC[C@@H]32)C1)COP(=O)(O)OCC[N+](C)(C)C. The molecule has 0 aromatic carbocycles. The molecule has 366 valence electrons. The van der Waals surface area contributed by atoms with E-state index in [4.69, 9.17) is 23.3 Å². The van der Waals surface area contributed by atoms with E-state index in [9.17, 15) is 19.0 Å². The van der Waals surface area contributed by atoms with Gasteiger partial charge in [-0.25, -0.2) is 14.2 Å². The third-order valence-corrected chi connectivity index (χ3v) is 16.9. The van der Waals surface area contributed by atoms with Crippen LogP contribution in [0.3, 0.4) is 0 Å². The van der Waals surface area contributed by atoms with Gasteiger partial charge in [0.1, 0.15) is 25.9 Å². The number of phosphoric ester groups is 1. The van der Waals surface area contributed by atoms with Crippen molar-refractivity contribution < 1.29 is 46.8 Å². The molecule has 3 fully saturated rings. The zero-order valence-corrected chi connectivity index (χ0v) is 42.5. The summed E-state index contributed by atoms with van der Waals surface area (Å²) < 4.78 is 40.6. The molecule has 3 saturated carbocycles. The van der Waals surface area contributed by atoms with Gasteiger partial charge < -0.3 is 28.9 Å². The lowest BCUT2D eigenvalue weighted by Crippen LogP contribution is -2.51. The van der Waals surface area contributed by atoms with Crippen molar-refractivity contribution in [2.24, 2.45) is 46.3 Å². The predicted octanol–water partition coefficient (Wildman–Crippen LogP) is 13.2. The second-order valence-electron chi connectivity index (χ2n) is 22.3. The smallest absolute Gasteiger partial charge is 0.440 e. The molecule has 4 rings (SSSR count). The average molecular weight is 910 g/mol. The molecule has 2 N–H and O–H groups in total. The Hall–Kier alpha value is -1.65. The Morgan fingerprint density at radius 3 is 2.16 bits per heavy atom. The van der Waals surface area contributed by atoms with Gasteiger partial charge in [-0.1, -0.05) is 143 Å². The van der Waals surface area contributed by atoms with E-state index in [1.807, 2.05) is 21.1 Å². The molecular formula is C51H94N2O9P+. The number of quaternary nitrogens is 1. The van der Waals surface area contributed by atoms with Gasteiger partial charge in [0.2, 0.25) is 0 Å². The molecular weight excluding hydrogens is 816 g/mol. The van der Waals surface area contributed by atoms with Crippen LogP contribution in [0.25, 0.3) is 0 Å². The van der Waals surface area contributed by atoms with Gasteiger partial charge in [0.25, 0.3) is 0 Å². The first-order valence-electron chi connectivity index (χ1n) is 25.8. The lowest BCUT2D eigenvalue weighted by Gasteiger charge is -2.58. The molecule has 0 radical (unpaired) electrons. The molecule has 0 bridgehead atoms.